The topological polar surface area (TPSA) is 67.8 Å². The standard InChI is InChI=1S/C21H27N3O2.C9H14FNS/c1-23(2)21(17-8-4-3-5-9-17)12-14-24(15-13-21)16-20(26)22-18-10-6-7-11-19(18)25;10-5-7-11-6-1-3-9-4-2-8-12-9/h3-11,25H,12-16H2,1-2H3,(H,22,26);2,4,8,11H,1,3,5-7H2. The number of alkyl halides is 1. The van der Waals surface area contributed by atoms with Crippen LogP contribution < -0.4 is 10.6 Å². The SMILES string of the molecule is CN(C)C1(c2ccccc2)CCN(CC(=O)Nc2ccccc2O)CC1.FCCNCCCc1cccs1. The number of aromatic hydroxyl groups is 1. The first kappa shape index (κ1) is 29.8. The highest BCUT2D eigenvalue weighted by Gasteiger charge is 2.38. The summed E-state index contributed by atoms with van der Waals surface area (Å²) in [5.41, 5.74) is 1.82. The number of aryl methyl sites for hydroxylation is 1. The number of anilines is 1. The lowest BCUT2D eigenvalue weighted by atomic mass is 9.80. The predicted molar refractivity (Wildman–Crippen MR) is 156 cm³/mol. The minimum absolute atomic E-state index is 0.0198. The van der Waals surface area contributed by atoms with Crippen molar-refractivity contribution >= 4 is 22.9 Å². The van der Waals surface area contributed by atoms with Crippen LogP contribution in [-0.4, -0.2) is 74.3 Å². The zero-order chi connectivity index (χ0) is 27.2. The number of carbonyl (C=O) groups is 1. The van der Waals surface area contributed by atoms with Crippen molar-refractivity contribution in [3.8, 4) is 5.75 Å². The van der Waals surface area contributed by atoms with Crippen molar-refractivity contribution in [3.63, 3.8) is 0 Å². The molecule has 0 radical (unpaired) electrons. The van der Waals surface area contributed by atoms with Gasteiger partial charge in [-0.15, -0.1) is 11.3 Å². The van der Waals surface area contributed by atoms with E-state index in [0.717, 1.165) is 45.3 Å². The molecule has 8 heteroatoms. The van der Waals surface area contributed by atoms with Crippen LogP contribution >= 0.6 is 11.3 Å². The zero-order valence-corrected chi connectivity index (χ0v) is 23.4. The third-order valence-electron chi connectivity index (χ3n) is 7.02. The third kappa shape index (κ3) is 8.91. The largest absolute Gasteiger partial charge is 0.506 e. The number of hydrogen-bond donors (Lipinski definition) is 3. The van der Waals surface area contributed by atoms with Gasteiger partial charge in [-0.25, -0.2) is 4.39 Å². The van der Waals surface area contributed by atoms with Gasteiger partial charge in [0.05, 0.1) is 12.2 Å². The fourth-order valence-corrected chi connectivity index (χ4v) is 5.58. The first-order chi connectivity index (χ1) is 18.4. The van der Waals surface area contributed by atoms with Crippen molar-refractivity contribution in [2.75, 3.05) is 58.8 Å². The lowest BCUT2D eigenvalue weighted by molar-refractivity contribution is -0.118. The number of benzene rings is 2. The normalized spacial score (nSPS) is 15.1. The van der Waals surface area contributed by atoms with Crippen molar-refractivity contribution in [1.82, 2.24) is 15.1 Å². The molecule has 38 heavy (non-hydrogen) atoms. The summed E-state index contributed by atoms with van der Waals surface area (Å²) in [6, 6.07) is 21.6. The summed E-state index contributed by atoms with van der Waals surface area (Å²) in [5.74, 6) is -0.00115. The number of amides is 1. The molecule has 6 nitrogen and oxygen atoms in total. The molecule has 1 aliphatic rings. The van der Waals surface area contributed by atoms with E-state index in [1.165, 1.54) is 10.4 Å². The van der Waals surface area contributed by atoms with Gasteiger partial charge in [-0.3, -0.25) is 14.6 Å². The van der Waals surface area contributed by atoms with Crippen molar-refractivity contribution in [2.24, 2.45) is 0 Å². The van der Waals surface area contributed by atoms with Gasteiger partial charge in [0.2, 0.25) is 5.91 Å². The summed E-state index contributed by atoms with van der Waals surface area (Å²) in [4.78, 5) is 18.2. The van der Waals surface area contributed by atoms with Crippen LogP contribution in [0, 0.1) is 0 Å². The molecule has 1 amide bonds. The molecule has 1 saturated heterocycles. The molecular weight excluding hydrogens is 499 g/mol. The van der Waals surface area contributed by atoms with Gasteiger partial charge in [-0.2, -0.15) is 0 Å². The molecule has 3 aromatic rings. The van der Waals surface area contributed by atoms with Crippen LogP contribution in [0.5, 0.6) is 5.75 Å². The van der Waals surface area contributed by atoms with Crippen molar-refractivity contribution < 1.29 is 14.3 Å². The van der Waals surface area contributed by atoms with Crippen molar-refractivity contribution in [1.29, 1.82) is 0 Å². The first-order valence-electron chi connectivity index (χ1n) is 13.3. The fraction of sp³-hybridized carbons (Fsp3) is 0.433. The number of rotatable bonds is 11. The maximum Gasteiger partial charge on any atom is 0.238 e. The number of para-hydroxylation sites is 2. The van der Waals surface area contributed by atoms with E-state index in [1.807, 2.05) is 6.07 Å². The number of thiophene rings is 1. The summed E-state index contributed by atoms with van der Waals surface area (Å²) in [5, 5.41) is 17.7. The highest BCUT2D eigenvalue weighted by Crippen LogP contribution is 2.37. The summed E-state index contributed by atoms with van der Waals surface area (Å²) >= 11 is 1.78. The number of phenols is 1. The van der Waals surface area contributed by atoms with Gasteiger partial charge in [0.15, 0.2) is 0 Å². The zero-order valence-electron chi connectivity index (χ0n) is 22.5. The number of hydrogen-bond acceptors (Lipinski definition) is 6. The molecular formula is C30H41FN4O2S. The minimum atomic E-state index is -0.265. The Morgan fingerprint density at radius 2 is 1.74 bits per heavy atom. The van der Waals surface area contributed by atoms with Gasteiger partial charge < -0.3 is 15.7 Å². The average Bonchev–Trinajstić information content (AvgIpc) is 3.45. The Morgan fingerprint density at radius 1 is 1.03 bits per heavy atom. The quantitative estimate of drug-likeness (QED) is 0.233. The third-order valence-corrected chi connectivity index (χ3v) is 7.96. The number of likely N-dealkylation sites (tertiary alicyclic amines) is 1. The van der Waals surface area contributed by atoms with Crippen LogP contribution in [0.3, 0.4) is 0 Å². The number of piperidine rings is 1. The number of halogens is 1. The molecule has 3 N–H and O–H groups in total. The van der Waals surface area contributed by atoms with E-state index in [2.05, 4.69) is 76.3 Å². The number of nitrogens with one attached hydrogen (secondary N) is 2. The molecule has 0 unspecified atom stereocenters. The van der Waals surface area contributed by atoms with Crippen LogP contribution in [0.1, 0.15) is 29.7 Å². The second-order valence-corrected chi connectivity index (χ2v) is 10.8. The van der Waals surface area contributed by atoms with Crippen LogP contribution in [0.25, 0.3) is 0 Å². The monoisotopic (exact) mass is 540 g/mol. The van der Waals surface area contributed by atoms with E-state index in [4.69, 9.17) is 0 Å². The molecule has 0 aliphatic carbocycles. The average molecular weight is 541 g/mol. The van der Waals surface area contributed by atoms with Gasteiger partial charge in [-0.1, -0.05) is 48.5 Å². The molecule has 1 aromatic heterocycles. The second kappa shape index (κ2) is 15.6. The Labute approximate surface area is 230 Å². The second-order valence-electron chi connectivity index (χ2n) is 9.76. The lowest BCUT2D eigenvalue weighted by Gasteiger charge is -2.46. The summed E-state index contributed by atoms with van der Waals surface area (Å²) in [6.07, 6.45) is 4.17. The van der Waals surface area contributed by atoms with Crippen LogP contribution in [0.2, 0.25) is 0 Å². The van der Waals surface area contributed by atoms with E-state index < -0.39 is 0 Å². The summed E-state index contributed by atoms with van der Waals surface area (Å²) in [7, 11) is 4.26. The minimum Gasteiger partial charge on any atom is -0.506 e. The molecule has 0 spiro atoms. The van der Waals surface area contributed by atoms with Gasteiger partial charge >= 0.3 is 0 Å². The van der Waals surface area contributed by atoms with E-state index in [0.29, 0.717) is 18.8 Å². The fourth-order valence-electron chi connectivity index (χ4n) is 4.83. The Bertz CT molecular complexity index is 1070. The first-order valence-corrected chi connectivity index (χ1v) is 14.1. The molecule has 0 saturated carbocycles. The van der Waals surface area contributed by atoms with E-state index in [9.17, 15) is 14.3 Å². The molecule has 0 bridgehead atoms. The van der Waals surface area contributed by atoms with Crippen molar-refractivity contribution in [2.45, 2.75) is 31.2 Å². The van der Waals surface area contributed by atoms with Gasteiger partial charge in [0, 0.05) is 30.1 Å². The maximum atomic E-state index is 12.3. The Kier molecular flexibility index (Phi) is 12.2. The van der Waals surface area contributed by atoms with Crippen LogP contribution in [0.15, 0.2) is 72.1 Å². The molecule has 1 fully saturated rings. The van der Waals surface area contributed by atoms with Crippen molar-refractivity contribution in [3.05, 3.63) is 82.6 Å². The summed E-state index contributed by atoms with van der Waals surface area (Å²) < 4.78 is 11.6. The molecule has 2 aromatic carbocycles. The van der Waals surface area contributed by atoms with Crippen LogP contribution in [0.4, 0.5) is 10.1 Å². The van der Waals surface area contributed by atoms with E-state index in [-0.39, 0.29) is 23.9 Å². The highest BCUT2D eigenvalue weighted by atomic mass is 32.1. The highest BCUT2D eigenvalue weighted by molar-refractivity contribution is 7.09. The van der Waals surface area contributed by atoms with E-state index in [1.54, 1.807) is 35.6 Å². The Hall–Kier alpha value is -2.78. The van der Waals surface area contributed by atoms with Gasteiger partial charge in [-0.05, 0) is 75.5 Å². The Balaban J connectivity index is 0.000000279. The Morgan fingerprint density at radius 3 is 2.37 bits per heavy atom. The maximum absolute atomic E-state index is 12.3. The molecule has 2 heterocycles. The lowest BCUT2D eigenvalue weighted by Crippen LogP contribution is -2.51. The van der Waals surface area contributed by atoms with Gasteiger partial charge in [0.25, 0.3) is 0 Å². The predicted octanol–water partition coefficient (Wildman–Crippen LogP) is 5.12. The van der Waals surface area contributed by atoms with Crippen LogP contribution in [-0.2, 0) is 16.8 Å². The number of phenolic OH excluding ortho intramolecular Hbond substituents is 1. The molecule has 4 rings (SSSR count). The number of nitrogens with zero attached hydrogens (tertiary/aromatic N) is 2. The van der Waals surface area contributed by atoms with Gasteiger partial charge in [0.1, 0.15) is 12.4 Å². The summed E-state index contributed by atoms with van der Waals surface area (Å²) in [6.45, 7) is 3.21. The molecule has 0 atom stereocenters. The number of carbonyl (C=O) groups excluding carboxylic acids is 1. The van der Waals surface area contributed by atoms with E-state index >= 15 is 0 Å². The smallest absolute Gasteiger partial charge is 0.238 e. The molecule has 206 valence electrons. The molecule has 1 aliphatic heterocycles.